The lowest BCUT2D eigenvalue weighted by Crippen LogP contribution is -2.19. The van der Waals surface area contributed by atoms with Crippen molar-refractivity contribution >= 4 is 29.0 Å². The predicted octanol–water partition coefficient (Wildman–Crippen LogP) is 3.67. The third-order valence-electron chi connectivity index (χ3n) is 3.44. The number of nitrogens with one attached hydrogen (secondary N) is 1. The van der Waals surface area contributed by atoms with Crippen LogP contribution in [0, 0.1) is 0 Å². The van der Waals surface area contributed by atoms with Gasteiger partial charge in [-0.25, -0.2) is 0 Å². The van der Waals surface area contributed by atoms with Crippen molar-refractivity contribution in [2.45, 2.75) is 17.7 Å². The minimum absolute atomic E-state index is 0.0526. The van der Waals surface area contributed by atoms with Gasteiger partial charge in [-0.15, -0.1) is 11.8 Å². The van der Waals surface area contributed by atoms with Gasteiger partial charge < -0.3 is 15.8 Å². The Morgan fingerprint density at radius 1 is 1.24 bits per heavy atom. The van der Waals surface area contributed by atoms with Gasteiger partial charge in [-0.05, 0) is 43.0 Å². The number of nitrogen functional groups attached to an aromatic ring is 1. The van der Waals surface area contributed by atoms with E-state index in [1.54, 1.807) is 11.8 Å². The van der Waals surface area contributed by atoms with E-state index in [1.807, 2.05) is 42.7 Å². The Kier molecular flexibility index (Phi) is 3.75. The van der Waals surface area contributed by atoms with Crippen LogP contribution in [0.25, 0.3) is 0 Å². The summed E-state index contributed by atoms with van der Waals surface area (Å²) in [4.78, 5) is 12.4. The summed E-state index contributed by atoms with van der Waals surface area (Å²) in [6.07, 6.45) is 3.17. The second-order valence-corrected chi connectivity index (χ2v) is 5.68. The molecule has 3 N–H and O–H groups in total. The molecule has 0 bridgehead atoms. The van der Waals surface area contributed by atoms with Crippen LogP contribution in [0.5, 0.6) is 11.5 Å². The number of carbonyl (C=O) groups is 1. The van der Waals surface area contributed by atoms with E-state index in [2.05, 4.69) is 5.32 Å². The number of thioether (sulfide) groups is 1. The second-order valence-electron chi connectivity index (χ2n) is 4.84. The van der Waals surface area contributed by atoms with Crippen molar-refractivity contribution in [2.75, 3.05) is 17.3 Å². The van der Waals surface area contributed by atoms with Gasteiger partial charge in [-0.2, -0.15) is 0 Å². The van der Waals surface area contributed by atoms with E-state index in [0.717, 1.165) is 33.3 Å². The molecule has 5 heteroatoms. The van der Waals surface area contributed by atoms with Gasteiger partial charge in [-0.1, -0.05) is 6.07 Å². The Morgan fingerprint density at radius 3 is 2.90 bits per heavy atom. The summed E-state index contributed by atoms with van der Waals surface area (Å²) in [5.41, 5.74) is 8.52. The van der Waals surface area contributed by atoms with Gasteiger partial charge in [0, 0.05) is 28.3 Å². The number of hydrogen-bond donors (Lipinski definition) is 2. The molecule has 0 spiro atoms. The summed E-state index contributed by atoms with van der Waals surface area (Å²) >= 11 is 1.59. The predicted molar refractivity (Wildman–Crippen MR) is 86.1 cm³/mol. The van der Waals surface area contributed by atoms with Gasteiger partial charge in [0.2, 0.25) is 5.91 Å². The number of benzene rings is 2. The Bertz CT molecular complexity index is 701. The van der Waals surface area contributed by atoms with E-state index >= 15 is 0 Å². The normalized spacial score (nSPS) is 13.5. The first kappa shape index (κ1) is 13.8. The highest BCUT2D eigenvalue weighted by atomic mass is 32.2. The highest BCUT2D eigenvalue weighted by molar-refractivity contribution is 7.98. The molecule has 2 aromatic carbocycles. The Labute approximate surface area is 127 Å². The van der Waals surface area contributed by atoms with E-state index in [1.165, 1.54) is 0 Å². The molecule has 0 aliphatic carbocycles. The molecule has 4 nitrogen and oxygen atoms in total. The molecule has 21 heavy (non-hydrogen) atoms. The fourth-order valence-electron chi connectivity index (χ4n) is 2.37. The SMILES string of the molecule is CSc1cc(Oc2cccc3c2CCC(=O)N3)ccc1N. The maximum absolute atomic E-state index is 11.4. The number of hydrogen-bond acceptors (Lipinski definition) is 4. The molecule has 108 valence electrons. The zero-order valence-electron chi connectivity index (χ0n) is 11.7. The van der Waals surface area contributed by atoms with Crippen LogP contribution in [-0.4, -0.2) is 12.2 Å². The lowest BCUT2D eigenvalue weighted by molar-refractivity contribution is -0.116. The summed E-state index contributed by atoms with van der Waals surface area (Å²) in [5, 5.41) is 2.87. The first-order valence-corrected chi connectivity index (χ1v) is 7.93. The summed E-state index contributed by atoms with van der Waals surface area (Å²) in [5.74, 6) is 1.58. The fraction of sp³-hybridized carbons (Fsp3) is 0.188. The van der Waals surface area contributed by atoms with E-state index < -0.39 is 0 Å². The molecule has 0 atom stereocenters. The average Bonchev–Trinajstić information content (AvgIpc) is 2.49. The quantitative estimate of drug-likeness (QED) is 0.670. The third kappa shape index (κ3) is 2.83. The first-order chi connectivity index (χ1) is 10.2. The minimum atomic E-state index is 0.0526. The van der Waals surface area contributed by atoms with Crippen LogP contribution in [-0.2, 0) is 11.2 Å². The van der Waals surface area contributed by atoms with Crippen LogP contribution in [0.3, 0.4) is 0 Å². The molecule has 2 aromatic rings. The van der Waals surface area contributed by atoms with Crippen LogP contribution in [0.15, 0.2) is 41.3 Å². The number of nitrogens with two attached hydrogens (primary N) is 1. The van der Waals surface area contributed by atoms with Gasteiger partial charge in [0.05, 0.1) is 0 Å². The van der Waals surface area contributed by atoms with E-state index in [0.29, 0.717) is 12.8 Å². The Balaban J connectivity index is 1.92. The monoisotopic (exact) mass is 300 g/mol. The molecule has 3 rings (SSSR count). The molecule has 1 amide bonds. The minimum Gasteiger partial charge on any atom is -0.457 e. The number of anilines is 2. The molecule has 0 radical (unpaired) electrons. The Hall–Kier alpha value is -2.14. The van der Waals surface area contributed by atoms with Crippen molar-refractivity contribution in [3.63, 3.8) is 0 Å². The molecule has 1 aliphatic heterocycles. The largest absolute Gasteiger partial charge is 0.457 e. The summed E-state index contributed by atoms with van der Waals surface area (Å²) < 4.78 is 5.99. The topological polar surface area (TPSA) is 64.3 Å². The van der Waals surface area contributed by atoms with Gasteiger partial charge >= 0.3 is 0 Å². The van der Waals surface area contributed by atoms with Crippen LogP contribution in [0.2, 0.25) is 0 Å². The van der Waals surface area contributed by atoms with Crippen LogP contribution < -0.4 is 15.8 Å². The zero-order chi connectivity index (χ0) is 14.8. The number of rotatable bonds is 3. The molecule has 1 aliphatic rings. The van der Waals surface area contributed by atoms with Crippen molar-refractivity contribution in [3.05, 3.63) is 42.0 Å². The van der Waals surface area contributed by atoms with Gasteiger partial charge in [0.1, 0.15) is 11.5 Å². The maximum atomic E-state index is 11.4. The number of carbonyl (C=O) groups excluding carboxylic acids is 1. The number of ether oxygens (including phenoxy) is 1. The highest BCUT2D eigenvalue weighted by Crippen LogP contribution is 2.35. The van der Waals surface area contributed by atoms with Gasteiger partial charge in [0.15, 0.2) is 0 Å². The van der Waals surface area contributed by atoms with Crippen molar-refractivity contribution in [1.29, 1.82) is 0 Å². The summed E-state index contributed by atoms with van der Waals surface area (Å²) in [6, 6.07) is 11.3. The van der Waals surface area contributed by atoms with Gasteiger partial charge in [-0.3, -0.25) is 4.79 Å². The number of amides is 1. The third-order valence-corrected chi connectivity index (χ3v) is 4.24. The van der Waals surface area contributed by atoms with E-state index in [4.69, 9.17) is 10.5 Å². The van der Waals surface area contributed by atoms with Crippen LogP contribution >= 0.6 is 11.8 Å². The van der Waals surface area contributed by atoms with Crippen molar-refractivity contribution in [3.8, 4) is 11.5 Å². The zero-order valence-corrected chi connectivity index (χ0v) is 12.5. The average molecular weight is 300 g/mol. The summed E-state index contributed by atoms with van der Waals surface area (Å²) in [7, 11) is 0. The number of fused-ring (bicyclic) bond motifs is 1. The highest BCUT2D eigenvalue weighted by Gasteiger charge is 2.18. The van der Waals surface area contributed by atoms with E-state index in [-0.39, 0.29) is 5.91 Å². The lowest BCUT2D eigenvalue weighted by Gasteiger charge is -2.20. The Morgan fingerprint density at radius 2 is 2.10 bits per heavy atom. The molecule has 0 unspecified atom stereocenters. The maximum Gasteiger partial charge on any atom is 0.224 e. The molecule has 0 aromatic heterocycles. The van der Waals surface area contributed by atoms with Crippen molar-refractivity contribution in [2.24, 2.45) is 0 Å². The smallest absolute Gasteiger partial charge is 0.224 e. The molecule has 0 saturated carbocycles. The molecule has 0 fully saturated rings. The van der Waals surface area contributed by atoms with E-state index in [9.17, 15) is 4.79 Å². The molecule has 1 heterocycles. The standard InChI is InChI=1S/C16H16N2O2S/c1-21-15-9-10(5-7-12(15)17)20-14-4-2-3-13-11(14)6-8-16(19)18-13/h2-5,7,9H,6,8,17H2,1H3,(H,18,19). The fourth-order valence-corrected chi connectivity index (χ4v) is 2.91. The second kappa shape index (κ2) is 5.69. The lowest BCUT2D eigenvalue weighted by atomic mass is 10.0. The summed E-state index contributed by atoms with van der Waals surface area (Å²) in [6.45, 7) is 0. The molecular formula is C16H16N2O2S. The van der Waals surface area contributed by atoms with Crippen molar-refractivity contribution < 1.29 is 9.53 Å². The first-order valence-electron chi connectivity index (χ1n) is 6.70. The van der Waals surface area contributed by atoms with Crippen LogP contribution in [0.4, 0.5) is 11.4 Å². The van der Waals surface area contributed by atoms with Crippen molar-refractivity contribution in [1.82, 2.24) is 0 Å². The molecular weight excluding hydrogens is 284 g/mol. The van der Waals surface area contributed by atoms with Gasteiger partial charge in [0.25, 0.3) is 0 Å². The molecule has 0 saturated heterocycles. The van der Waals surface area contributed by atoms with Crippen LogP contribution in [0.1, 0.15) is 12.0 Å².